The molecule has 0 aromatic heterocycles. The Kier molecular flexibility index (Phi) is 44.2. The standard InChI is InChI=1S/C50H93NO5/c1-3-5-7-9-11-13-15-17-18-19-20-24-28-32-36-40-44-50(55)56-45-41-37-33-29-25-21-23-27-31-35-39-43-49(54)51-47(46-52)48(53)42-38-34-30-26-22-16-14-12-10-8-6-4-2/h18-19,25,29,38,42,47-48,52-53H,3-17,20-24,26-28,30-37,39-41,43-46H2,1-2H3,(H,51,54)/b19-18-,29-25-,42-38+. The molecule has 0 saturated heterocycles. The van der Waals surface area contributed by atoms with Crippen LogP contribution in [0.3, 0.4) is 0 Å². The number of esters is 1. The third-order valence-electron chi connectivity index (χ3n) is 10.9. The van der Waals surface area contributed by atoms with E-state index in [-0.39, 0.29) is 18.5 Å². The molecule has 0 saturated carbocycles. The third kappa shape index (κ3) is 41.7. The second-order valence-corrected chi connectivity index (χ2v) is 16.4. The van der Waals surface area contributed by atoms with Crippen LogP contribution in [0.2, 0.25) is 0 Å². The average molecular weight is 788 g/mol. The van der Waals surface area contributed by atoms with Gasteiger partial charge in [-0.05, 0) is 83.5 Å². The lowest BCUT2D eigenvalue weighted by atomic mass is 10.1. The first-order valence-electron chi connectivity index (χ1n) is 24.3. The predicted molar refractivity (Wildman–Crippen MR) is 241 cm³/mol. The fourth-order valence-electron chi connectivity index (χ4n) is 7.09. The number of carbonyl (C=O) groups excluding carboxylic acids is 2. The van der Waals surface area contributed by atoms with Crippen LogP contribution in [0.15, 0.2) is 36.5 Å². The Hall–Kier alpha value is -1.92. The number of nitrogens with one attached hydrogen (secondary N) is 1. The van der Waals surface area contributed by atoms with Crippen molar-refractivity contribution >= 4 is 11.9 Å². The van der Waals surface area contributed by atoms with Crippen LogP contribution in [-0.4, -0.2) is 47.4 Å². The van der Waals surface area contributed by atoms with Crippen LogP contribution in [0.25, 0.3) is 0 Å². The van der Waals surface area contributed by atoms with E-state index in [1.807, 2.05) is 6.08 Å². The van der Waals surface area contributed by atoms with E-state index in [0.29, 0.717) is 19.4 Å². The molecule has 2 atom stereocenters. The summed E-state index contributed by atoms with van der Waals surface area (Å²) in [5.41, 5.74) is 0. The monoisotopic (exact) mass is 788 g/mol. The highest BCUT2D eigenvalue weighted by atomic mass is 16.5. The molecule has 6 heteroatoms. The van der Waals surface area contributed by atoms with Crippen LogP contribution in [0, 0.1) is 0 Å². The van der Waals surface area contributed by atoms with Crippen molar-refractivity contribution in [2.24, 2.45) is 0 Å². The molecule has 0 aliphatic rings. The molecular weight excluding hydrogens is 695 g/mol. The van der Waals surface area contributed by atoms with Gasteiger partial charge in [-0.3, -0.25) is 9.59 Å². The number of rotatable bonds is 44. The zero-order chi connectivity index (χ0) is 40.8. The van der Waals surface area contributed by atoms with E-state index in [0.717, 1.165) is 83.5 Å². The van der Waals surface area contributed by atoms with E-state index in [9.17, 15) is 19.8 Å². The van der Waals surface area contributed by atoms with E-state index in [1.165, 1.54) is 135 Å². The van der Waals surface area contributed by atoms with Gasteiger partial charge >= 0.3 is 5.97 Å². The van der Waals surface area contributed by atoms with Gasteiger partial charge in [0.25, 0.3) is 0 Å². The molecule has 6 nitrogen and oxygen atoms in total. The molecule has 0 rings (SSSR count). The lowest BCUT2D eigenvalue weighted by molar-refractivity contribution is -0.143. The van der Waals surface area contributed by atoms with Crippen LogP contribution < -0.4 is 5.32 Å². The van der Waals surface area contributed by atoms with Crippen LogP contribution in [-0.2, 0) is 14.3 Å². The molecule has 0 heterocycles. The summed E-state index contributed by atoms with van der Waals surface area (Å²) in [4.78, 5) is 24.4. The molecule has 0 spiro atoms. The predicted octanol–water partition coefficient (Wildman–Crippen LogP) is 14.1. The summed E-state index contributed by atoms with van der Waals surface area (Å²) >= 11 is 0. The number of hydrogen-bond donors (Lipinski definition) is 3. The molecule has 0 aromatic rings. The second kappa shape index (κ2) is 45.8. The van der Waals surface area contributed by atoms with Crippen molar-refractivity contribution < 1.29 is 24.5 Å². The molecule has 0 aliphatic carbocycles. The molecular formula is C50H93NO5. The van der Waals surface area contributed by atoms with Crippen LogP contribution in [0.4, 0.5) is 0 Å². The van der Waals surface area contributed by atoms with Crippen LogP contribution in [0.1, 0.15) is 245 Å². The minimum absolute atomic E-state index is 0.0414. The van der Waals surface area contributed by atoms with Crippen molar-refractivity contribution in [2.75, 3.05) is 13.2 Å². The molecule has 0 bridgehead atoms. The summed E-state index contributed by atoms with van der Waals surface area (Å²) in [6.45, 7) is 4.80. The highest BCUT2D eigenvalue weighted by Crippen LogP contribution is 2.14. The van der Waals surface area contributed by atoms with Gasteiger partial charge in [0.05, 0.1) is 25.4 Å². The van der Waals surface area contributed by atoms with Gasteiger partial charge in [-0.15, -0.1) is 0 Å². The Bertz CT molecular complexity index is 915. The van der Waals surface area contributed by atoms with Crippen LogP contribution in [0.5, 0.6) is 0 Å². The SMILES string of the molecule is CCCCCCCCC/C=C\CCCCCCCC(=O)OCCCC/C=C\CCCCCCCC(=O)NC(CO)C(O)/C=C/CCCCCCCCCCCC. The molecule has 0 aliphatic heterocycles. The number of allylic oxidation sites excluding steroid dienone is 5. The first-order valence-corrected chi connectivity index (χ1v) is 24.3. The summed E-state index contributed by atoms with van der Waals surface area (Å²) in [5, 5.41) is 22.9. The number of unbranched alkanes of at least 4 members (excludes halogenated alkanes) is 29. The van der Waals surface area contributed by atoms with Crippen LogP contribution >= 0.6 is 0 Å². The van der Waals surface area contributed by atoms with E-state index >= 15 is 0 Å². The minimum Gasteiger partial charge on any atom is -0.466 e. The van der Waals surface area contributed by atoms with E-state index in [1.54, 1.807) is 6.08 Å². The summed E-state index contributed by atoms with van der Waals surface area (Å²) < 4.78 is 5.43. The topological polar surface area (TPSA) is 95.9 Å². The lowest BCUT2D eigenvalue weighted by Gasteiger charge is -2.20. The summed E-state index contributed by atoms with van der Waals surface area (Å²) in [6.07, 6.45) is 54.2. The van der Waals surface area contributed by atoms with E-state index in [4.69, 9.17) is 4.74 Å². The molecule has 3 N–H and O–H groups in total. The summed E-state index contributed by atoms with van der Waals surface area (Å²) in [7, 11) is 0. The Morgan fingerprint density at radius 3 is 1.27 bits per heavy atom. The fourth-order valence-corrected chi connectivity index (χ4v) is 7.09. The van der Waals surface area contributed by atoms with Gasteiger partial charge in [-0.2, -0.15) is 0 Å². The zero-order valence-corrected chi connectivity index (χ0v) is 37.1. The smallest absolute Gasteiger partial charge is 0.305 e. The van der Waals surface area contributed by atoms with Crippen molar-refractivity contribution in [2.45, 2.75) is 257 Å². The average Bonchev–Trinajstić information content (AvgIpc) is 3.20. The molecule has 0 radical (unpaired) electrons. The molecule has 0 aromatic carbocycles. The highest BCUT2D eigenvalue weighted by Gasteiger charge is 2.18. The van der Waals surface area contributed by atoms with Gasteiger partial charge in [0.1, 0.15) is 0 Å². The molecule has 0 fully saturated rings. The molecule has 1 amide bonds. The van der Waals surface area contributed by atoms with Gasteiger partial charge in [0, 0.05) is 12.8 Å². The number of ether oxygens (including phenoxy) is 1. The first-order chi connectivity index (χ1) is 27.5. The third-order valence-corrected chi connectivity index (χ3v) is 10.9. The maximum atomic E-state index is 12.4. The van der Waals surface area contributed by atoms with E-state index < -0.39 is 12.1 Å². The normalized spacial score (nSPS) is 13.0. The van der Waals surface area contributed by atoms with Gasteiger partial charge < -0.3 is 20.3 Å². The van der Waals surface area contributed by atoms with Gasteiger partial charge in [-0.1, -0.05) is 185 Å². The van der Waals surface area contributed by atoms with Crippen molar-refractivity contribution in [1.82, 2.24) is 5.32 Å². The first kappa shape index (κ1) is 54.1. The van der Waals surface area contributed by atoms with E-state index in [2.05, 4.69) is 43.5 Å². The van der Waals surface area contributed by atoms with Crippen molar-refractivity contribution in [1.29, 1.82) is 0 Å². The largest absolute Gasteiger partial charge is 0.466 e. The number of aliphatic hydroxyl groups is 2. The number of hydrogen-bond acceptors (Lipinski definition) is 5. The summed E-state index contributed by atoms with van der Waals surface area (Å²) in [5.74, 6) is -0.141. The zero-order valence-electron chi connectivity index (χ0n) is 37.1. The number of carbonyl (C=O) groups is 2. The minimum atomic E-state index is -0.862. The Morgan fingerprint density at radius 2 is 0.839 bits per heavy atom. The van der Waals surface area contributed by atoms with Gasteiger partial charge in [-0.25, -0.2) is 0 Å². The fraction of sp³-hybridized carbons (Fsp3) is 0.840. The molecule has 328 valence electrons. The molecule has 56 heavy (non-hydrogen) atoms. The number of aliphatic hydroxyl groups excluding tert-OH is 2. The lowest BCUT2D eigenvalue weighted by Crippen LogP contribution is -2.45. The quantitative estimate of drug-likeness (QED) is 0.0325. The van der Waals surface area contributed by atoms with Crippen molar-refractivity contribution in [3.8, 4) is 0 Å². The maximum absolute atomic E-state index is 12.4. The van der Waals surface area contributed by atoms with Crippen molar-refractivity contribution in [3.05, 3.63) is 36.5 Å². The summed E-state index contributed by atoms with van der Waals surface area (Å²) in [6, 6.07) is -0.648. The molecule has 2 unspecified atom stereocenters. The Morgan fingerprint density at radius 1 is 0.482 bits per heavy atom. The maximum Gasteiger partial charge on any atom is 0.305 e. The highest BCUT2D eigenvalue weighted by molar-refractivity contribution is 5.76. The Balaban J connectivity index is 3.55. The second-order valence-electron chi connectivity index (χ2n) is 16.4. The number of amides is 1. The van der Waals surface area contributed by atoms with Crippen molar-refractivity contribution in [3.63, 3.8) is 0 Å². The van der Waals surface area contributed by atoms with Gasteiger partial charge in [0.15, 0.2) is 0 Å². The Labute approximate surface area is 347 Å². The van der Waals surface area contributed by atoms with Gasteiger partial charge in [0.2, 0.25) is 5.91 Å².